The van der Waals surface area contributed by atoms with Gasteiger partial charge < -0.3 is 31.3 Å². The molecule has 1 saturated carbocycles. The number of ether oxygens (including phenoxy) is 1. The number of likely N-dealkylation sites (tertiary alicyclic amines) is 1. The van der Waals surface area contributed by atoms with Gasteiger partial charge in [-0.1, -0.05) is 60.8 Å². The second-order valence-corrected chi connectivity index (χ2v) is 12.6. The van der Waals surface area contributed by atoms with E-state index in [-0.39, 0.29) is 18.1 Å². The molecule has 0 bridgehead atoms. The average molecular weight is 582 g/mol. The van der Waals surface area contributed by atoms with Crippen LogP contribution in [0.2, 0.25) is 0 Å². The second-order valence-electron chi connectivity index (χ2n) is 12.6. The van der Waals surface area contributed by atoms with Crippen molar-refractivity contribution in [3.63, 3.8) is 0 Å². The lowest BCUT2D eigenvalue weighted by atomic mass is 9.81. The van der Waals surface area contributed by atoms with E-state index in [1.54, 1.807) is 0 Å². The SMILES string of the molecule is CN.COC(=O)C1(NC(=O)NC(C(=O)N2CC(C)CC2C(=O)NC(CC(C)C)C(=O)C=O)C(C)(C)C)CCCCC1. The van der Waals surface area contributed by atoms with Gasteiger partial charge in [0.1, 0.15) is 17.6 Å². The van der Waals surface area contributed by atoms with E-state index in [1.807, 2.05) is 41.5 Å². The summed E-state index contributed by atoms with van der Waals surface area (Å²) < 4.78 is 4.98. The number of nitrogens with zero attached hydrogens (tertiary/aromatic N) is 1. The maximum Gasteiger partial charge on any atom is 0.331 e. The van der Waals surface area contributed by atoms with E-state index in [0.29, 0.717) is 32.2 Å². The molecule has 0 aromatic rings. The van der Waals surface area contributed by atoms with Crippen LogP contribution in [0.3, 0.4) is 0 Å². The molecular formula is C29H51N5O7. The van der Waals surface area contributed by atoms with Gasteiger partial charge in [-0.2, -0.15) is 0 Å². The summed E-state index contributed by atoms with van der Waals surface area (Å²) in [5, 5.41) is 8.24. The first-order valence-corrected chi connectivity index (χ1v) is 14.5. The summed E-state index contributed by atoms with van der Waals surface area (Å²) in [6, 6.07) is -3.47. The van der Waals surface area contributed by atoms with Crippen molar-refractivity contribution < 1.29 is 33.5 Å². The number of hydrogen-bond donors (Lipinski definition) is 4. The van der Waals surface area contributed by atoms with Gasteiger partial charge in [0.05, 0.1) is 13.2 Å². The lowest BCUT2D eigenvalue weighted by Gasteiger charge is -2.38. The van der Waals surface area contributed by atoms with Gasteiger partial charge in [-0.05, 0) is 50.0 Å². The Kier molecular flexibility index (Phi) is 13.9. The van der Waals surface area contributed by atoms with Gasteiger partial charge >= 0.3 is 12.0 Å². The van der Waals surface area contributed by atoms with Crippen LogP contribution >= 0.6 is 0 Å². The molecule has 1 aliphatic heterocycles. The number of esters is 1. The Labute approximate surface area is 244 Å². The van der Waals surface area contributed by atoms with Gasteiger partial charge in [0.15, 0.2) is 6.29 Å². The molecule has 1 saturated heterocycles. The number of ketones is 1. The normalized spacial score (nSPS) is 21.5. The fourth-order valence-electron chi connectivity index (χ4n) is 5.54. The molecule has 2 rings (SSSR count). The van der Waals surface area contributed by atoms with Gasteiger partial charge in [0.2, 0.25) is 17.6 Å². The fraction of sp³-hybridized carbons (Fsp3) is 0.793. The third-order valence-electron chi connectivity index (χ3n) is 7.60. The highest BCUT2D eigenvalue weighted by Gasteiger charge is 2.46. The summed E-state index contributed by atoms with van der Waals surface area (Å²) >= 11 is 0. The summed E-state index contributed by atoms with van der Waals surface area (Å²) in [7, 11) is 2.79. The predicted octanol–water partition coefficient (Wildman–Crippen LogP) is 1.69. The zero-order chi connectivity index (χ0) is 31.5. The minimum absolute atomic E-state index is 0.00861. The zero-order valence-corrected chi connectivity index (χ0v) is 26.0. The van der Waals surface area contributed by atoms with Crippen LogP contribution in [0.25, 0.3) is 0 Å². The number of nitrogens with one attached hydrogen (secondary N) is 3. The van der Waals surface area contributed by atoms with Crippen LogP contribution in [0, 0.1) is 17.3 Å². The molecule has 2 aliphatic rings. The molecule has 5 N–H and O–H groups in total. The Morgan fingerprint density at radius 3 is 2.12 bits per heavy atom. The van der Waals surface area contributed by atoms with Crippen LogP contribution in [-0.4, -0.2) is 85.2 Å². The van der Waals surface area contributed by atoms with Crippen molar-refractivity contribution in [2.24, 2.45) is 23.0 Å². The van der Waals surface area contributed by atoms with E-state index in [0.717, 1.165) is 19.3 Å². The van der Waals surface area contributed by atoms with E-state index >= 15 is 0 Å². The van der Waals surface area contributed by atoms with Crippen molar-refractivity contribution in [3.05, 3.63) is 0 Å². The number of carbonyl (C=O) groups is 6. The molecule has 4 amide bonds. The first-order chi connectivity index (χ1) is 19.1. The molecule has 41 heavy (non-hydrogen) atoms. The minimum Gasteiger partial charge on any atom is -0.467 e. The summed E-state index contributed by atoms with van der Waals surface area (Å²) in [5.41, 5.74) is 2.63. The standard InChI is InChI=1S/C28H46N4O7.CH5N/c1-17(2)13-19(21(34)16-33)29-23(35)20-14-18(3)15-32(20)24(36)22(27(4,5)6)30-26(38)31-28(25(37)39-7)11-9-8-10-12-28;1-2/h16-20,22H,8-15H2,1-7H3,(H,29,35)(H2,30,31,38);2H2,1H3. The van der Waals surface area contributed by atoms with Crippen molar-refractivity contribution in [1.29, 1.82) is 0 Å². The smallest absolute Gasteiger partial charge is 0.331 e. The Hall–Kier alpha value is -3.02. The number of nitrogens with two attached hydrogens (primary N) is 1. The Morgan fingerprint density at radius 1 is 1.05 bits per heavy atom. The van der Waals surface area contributed by atoms with Crippen LogP contribution in [0.1, 0.15) is 86.5 Å². The van der Waals surface area contributed by atoms with E-state index in [1.165, 1.54) is 19.1 Å². The molecular weight excluding hydrogens is 530 g/mol. The monoisotopic (exact) mass is 581 g/mol. The van der Waals surface area contributed by atoms with E-state index < -0.39 is 58.7 Å². The zero-order valence-electron chi connectivity index (χ0n) is 26.0. The summed E-state index contributed by atoms with van der Waals surface area (Å²) in [6.45, 7) is 11.4. The number of urea groups is 1. The van der Waals surface area contributed by atoms with E-state index in [2.05, 4.69) is 21.7 Å². The van der Waals surface area contributed by atoms with Crippen LogP contribution in [-0.2, 0) is 28.7 Å². The van der Waals surface area contributed by atoms with Crippen LogP contribution in [0.4, 0.5) is 4.79 Å². The highest BCUT2D eigenvalue weighted by atomic mass is 16.5. The molecule has 0 spiro atoms. The van der Waals surface area contributed by atoms with Crippen LogP contribution in [0.15, 0.2) is 0 Å². The summed E-state index contributed by atoms with van der Waals surface area (Å²) in [4.78, 5) is 77.7. The van der Waals surface area contributed by atoms with Crippen LogP contribution in [0.5, 0.6) is 0 Å². The number of hydrogen-bond acceptors (Lipinski definition) is 8. The molecule has 0 aromatic heterocycles. The average Bonchev–Trinajstić information content (AvgIpc) is 3.32. The topological polar surface area (TPSA) is 177 Å². The van der Waals surface area contributed by atoms with Crippen molar-refractivity contribution in [1.82, 2.24) is 20.9 Å². The third-order valence-corrected chi connectivity index (χ3v) is 7.60. The van der Waals surface area contributed by atoms with Crippen molar-refractivity contribution in [2.45, 2.75) is 110 Å². The van der Waals surface area contributed by atoms with Gasteiger partial charge in [0, 0.05) is 6.54 Å². The predicted molar refractivity (Wildman–Crippen MR) is 155 cm³/mol. The Balaban J connectivity index is 0.00000411. The molecule has 2 fully saturated rings. The molecule has 12 nitrogen and oxygen atoms in total. The lowest BCUT2D eigenvalue weighted by Crippen LogP contribution is -2.63. The first-order valence-electron chi connectivity index (χ1n) is 14.5. The molecule has 12 heteroatoms. The summed E-state index contributed by atoms with van der Waals surface area (Å²) in [6.07, 6.45) is 4.28. The fourth-order valence-corrected chi connectivity index (χ4v) is 5.54. The molecule has 4 atom stereocenters. The number of methoxy groups -OCH3 is 1. The number of aldehydes is 1. The molecule has 234 valence electrons. The number of rotatable bonds is 10. The van der Waals surface area contributed by atoms with E-state index in [4.69, 9.17) is 4.74 Å². The molecule has 4 unspecified atom stereocenters. The highest BCUT2D eigenvalue weighted by molar-refractivity contribution is 6.28. The van der Waals surface area contributed by atoms with Crippen molar-refractivity contribution in [2.75, 3.05) is 20.7 Å². The minimum atomic E-state index is -1.15. The quantitative estimate of drug-likeness (QED) is 0.171. The molecule has 0 radical (unpaired) electrons. The first kappa shape index (κ1) is 36.0. The van der Waals surface area contributed by atoms with Crippen molar-refractivity contribution >= 4 is 35.9 Å². The maximum atomic E-state index is 13.9. The Morgan fingerprint density at radius 2 is 1.63 bits per heavy atom. The third kappa shape index (κ3) is 9.79. The highest BCUT2D eigenvalue weighted by Crippen LogP contribution is 2.31. The number of Topliss-reactive ketones (excluding diaryl/α,β-unsaturated/α-hetero) is 1. The number of carbonyl (C=O) groups excluding carboxylic acids is 6. The van der Waals surface area contributed by atoms with Gasteiger partial charge in [-0.25, -0.2) is 9.59 Å². The maximum absolute atomic E-state index is 13.9. The van der Waals surface area contributed by atoms with Gasteiger partial charge in [-0.15, -0.1) is 0 Å². The van der Waals surface area contributed by atoms with Crippen LogP contribution < -0.4 is 21.7 Å². The molecule has 1 aliphatic carbocycles. The second kappa shape index (κ2) is 15.8. The molecule has 0 aromatic carbocycles. The summed E-state index contributed by atoms with van der Waals surface area (Å²) in [5.74, 6) is -2.09. The Bertz CT molecular complexity index is 940. The lowest BCUT2D eigenvalue weighted by molar-refractivity contribution is -0.149. The van der Waals surface area contributed by atoms with Gasteiger partial charge in [0.25, 0.3) is 0 Å². The van der Waals surface area contributed by atoms with Crippen molar-refractivity contribution in [3.8, 4) is 0 Å². The molecule has 1 heterocycles. The largest absolute Gasteiger partial charge is 0.467 e. The van der Waals surface area contributed by atoms with Gasteiger partial charge in [-0.3, -0.25) is 19.2 Å². The number of amides is 4. The van der Waals surface area contributed by atoms with E-state index in [9.17, 15) is 28.8 Å².